The maximum Gasteiger partial charge on any atom is 0.260 e. The van der Waals surface area contributed by atoms with Crippen LogP contribution in [0, 0.1) is 19.7 Å². The molecule has 2 aromatic rings. The minimum atomic E-state index is -0.652. The van der Waals surface area contributed by atoms with Crippen molar-refractivity contribution in [2.24, 2.45) is 0 Å². The minimum absolute atomic E-state index is 0.0771. The van der Waals surface area contributed by atoms with Crippen molar-refractivity contribution in [3.63, 3.8) is 0 Å². The highest BCUT2D eigenvalue weighted by Crippen LogP contribution is 2.26. The number of amides is 1. The zero-order valence-electron chi connectivity index (χ0n) is 11.1. The van der Waals surface area contributed by atoms with Crippen molar-refractivity contribution < 1.29 is 9.18 Å². The molecule has 0 spiro atoms. The fourth-order valence-electron chi connectivity index (χ4n) is 2.08. The molecule has 0 aliphatic heterocycles. The number of carbonyl (C=O) groups excluding carboxylic acids is 1. The molecule has 2 rings (SSSR count). The summed E-state index contributed by atoms with van der Waals surface area (Å²) in [5, 5.41) is 2.76. The van der Waals surface area contributed by atoms with Crippen LogP contribution < -0.4 is 11.1 Å². The summed E-state index contributed by atoms with van der Waals surface area (Å²) in [7, 11) is 0. The van der Waals surface area contributed by atoms with Gasteiger partial charge in [0.2, 0.25) is 0 Å². The van der Waals surface area contributed by atoms with Crippen LogP contribution in [0.3, 0.4) is 0 Å². The number of aryl methyl sites for hydroxylation is 2. The smallest absolute Gasteiger partial charge is 0.260 e. The molecule has 1 amide bonds. The topological polar surface area (TPSA) is 55.1 Å². The number of anilines is 2. The number of hydrogen-bond donors (Lipinski definition) is 2. The van der Waals surface area contributed by atoms with E-state index in [1.807, 2.05) is 13.8 Å². The first-order valence-corrected chi connectivity index (χ1v) is 6.40. The first-order valence-electron chi connectivity index (χ1n) is 6.02. The van der Waals surface area contributed by atoms with Crippen molar-refractivity contribution in [3.05, 3.63) is 57.9 Å². The summed E-state index contributed by atoms with van der Waals surface area (Å²) in [4.78, 5) is 12.2. The summed E-state index contributed by atoms with van der Waals surface area (Å²) in [5.74, 6) is -1.23. The predicted octanol–water partition coefficient (Wildman–Crippen LogP) is 3.93. The van der Waals surface area contributed by atoms with Gasteiger partial charge in [0.05, 0.1) is 10.6 Å². The van der Waals surface area contributed by atoms with Crippen molar-refractivity contribution in [3.8, 4) is 0 Å². The Balaban J connectivity index is 2.38. The lowest BCUT2D eigenvalue weighted by molar-refractivity contribution is 0.102. The number of nitrogens with two attached hydrogens (primary N) is 1. The van der Waals surface area contributed by atoms with Crippen LogP contribution >= 0.6 is 11.6 Å². The number of carbonyl (C=O) groups is 1. The lowest BCUT2D eigenvalue weighted by Crippen LogP contribution is -2.16. The lowest BCUT2D eigenvalue weighted by Gasteiger charge is -2.13. The molecule has 0 radical (unpaired) electrons. The number of halogens is 2. The van der Waals surface area contributed by atoms with Gasteiger partial charge in [-0.05, 0) is 49.2 Å². The Hall–Kier alpha value is -2.07. The second-order valence-electron chi connectivity index (χ2n) is 4.58. The van der Waals surface area contributed by atoms with Crippen LogP contribution in [0.1, 0.15) is 21.5 Å². The second-order valence-corrected chi connectivity index (χ2v) is 4.99. The van der Waals surface area contributed by atoms with E-state index in [9.17, 15) is 9.18 Å². The maximum absolute atomic E-state index is 13.7. The van der Waals surface area contributed by atoms with Gasteiger partial charge in [-0.2, -0.15) is 0 Å². The quantitative estimate of drug-likeness (QED) is 0.824. The molecule has 0 heterocycles. The van der Waals surface area contributed by atoms with Crippen LogP contribution in [-0.2, 0) is 0 Å². The Kier molecular flexibility index (Phi) is 3.95. The monoisotopic (exact) mass is 292 g/mol. The molecular weight excluding hydrogens is 279 g/mol. The van der Waals surface area contributed by atoms with Crippen LogP contribution in [0.15, 0.2) is 30.3 Å². The third-order valence-corrected chi connectivity index (χ3v) is 3.30. The Morgan fingerprint density at radius 2 is 1.85 bits per heavy atom. The third kappa shape index (κ3) is 2.75. The van der Waals surface area contributed by atoms with Gasteiger partial charge in [-0.25, -0.2) is 4.39 Å². The molecule has 0 bridgehead atoms. The summed E-state index contributed by atoms with van der Waals surface area (Å²) < 4.78 is 13.7. The summed E-state index contributed by atoms with van der Waals surface area (Å²) in [5.41, 5.74) is 8.41. The minimum Gasteiger partial charge on any atom is -0.399 e. The second kappa shape index (κ2) is 5.51. The Morgan fingerprint density at radius 3 is 2.40 bits per heavy atom. The van der Waals surface area contributed by atoms with Crippen LogP contribution in [0.4, 0.5) is 15.8 Å². The highest BCUT2D eigenvalue weighted by molar-refractivity contribution is 6.34. The van der Waals surface area contributed by atoms with Gasteiger partial charge in [0.25, 0.3) is 5.91 Å². The third-order valence-electron chi connectivity index (χ3n) is 2.98. The number of nitrogen functional groups attached to an aromatic ring is 1. The average Bonchev–Trinajstić information content (AvgIpc) is 2.33. The molecule has 0 atom stereocenters. The van der Waals surface area contributed by atoms with Gasteiger partial charge >= 0.3 is 0 Å². The molecule has 0 unspecified atom stereocenters. The fraction of sp³-hybridized carbons (Fsp3) is 0.133. The lowest BCUT2D eigenvalue weighted by atomic mass is 10.1. The summed E-state index contributed by atoms with van der Waals surface area (Å²) in [6.45, 7) is 3.64. The van der Waals surface area contributed by atoms with Gasteiger partial charge in [0.15, 0.2) is 0 Å². The normalized spacial score (nSPS) is 10.4. The van der Waals surface area contributed by atoms with Crippen molar-refractivity contribution in [1.29, 1.82) is 0 Å². The van der Waals surface area contributed by atoms with Gasteiger partial charge in [-0.1, -0.05) is 17.7 Å². The Morgan fingerprint density at radius 1 is 1.25 bits per heavy atom. The molecule has 20 heavy (non-hydrogen) atoms. The highest BCUT2D eigenvalue weighted by Gasteiger charge is 2.17. The molecule has 104 valence electrons. The first kappa shape index (κ1) is 14.3. The molecular formula is C15H14ClFN2O. The molecule has 0 aromatic heterocycles. The summed E-state index contributed by atoms with van der Waals surface area (Å²) in [6.07, 6.45) is 0. The standard InChI is InChI=1S/C15H14ClFN2O/c1-8-6-10(18)7-9(2)14(8)19-15(20)13-11(16)4-3-5-12(13)17/h3-7H,18H2,1-2H3,(H,19,20). The van der Waals surface area contributed by atoms with Crippen molar-refractivity contribution in [2.75, 3.05) is 11.1 Å². The first-order chi connectivity index (χ1) is 9.40. The average molecular weight is 293 g/mol. The van der Waals surface area contributed by atoms with Gasteiger partial charge in [0.1, 0.15) is 5.82 Å². The van der Waals surface area contributed by atoms with E-state index in [2.05, 4.69) is 5.32 Å². The van der Waals surface area contributed by atoms with E-state index >= 15 is 0 Å². The van der Waals surface area contributed by atoms with E-state index in [1.165, 1.54) is 18.2 Å². The van der Waals surface area contributed by atoms with Gasteiger partial charge in [-0.15, -0.1) is 0 Å². The Bertz CT molecular complexity index is 642. The largest absolute Gasteiger partial charge is 0.399 e. The molecule has 0 saturated heterocycles. The molecule has 5 heteroatoms. The van der Waals surface area contributed by atoms with E-state index in [1.54, 1.807) is 12.1 Å². The molecule has 3 nitrogen and oxygen atoms in total. The Labute approximate surface area is 121 Å². The zero-order valence-corrected chi connectivity index (χ0v) is 11.9. The number of nitrogens with one attached hydrogen (secondary N) is 1. The molecule has 3 N–H and O–H groups in total. The molecule has 0 aliphatic rings. The van der Waals surface area contributed by atoms with E-state index < -0.39 is 11.7 Å². The van der Waals surface area contributed by atoms with Crippen molar-refractivity contribution >= 4 is 28.9 Å². The van der Waals surface area contributed by atoms with Gasteiger partial charge in [-0.3, -0.25) is 4.79 Å². The van der Waals surface area contributed by atoms with Crippen LogP contribution in [0.5, 0.6) is 0 Å². The molecule has 2 aromatic carbocycles. The predicted molar refractivity (Wildman–Crippen MR) is 79.7 cm³/mol. The van der Waals surface area contributed by atoms with Crippen LogP contribution in [0.25, 0.3) is 0 Å². The summed E-state index contributed by atoms with van der Waals surface area (Å²) >= 11 is 5.87. The van der Waals surface area contributed by atoms with Crippen LogP contribution in [0.2, 0.25) is 5.02 Å². The van der Waals surface area contributed by atoms with E-state index in [-0.39, 0.29) is 10.6 Å². The van der Waals surface area contributed by atoms with E-state index in [4.69, 9.17) is 17.3 Å². The molecule has 0 saturated carbocycles. The van der Waals surface area contributed by atoms with Gasteiger partial charge in [0, 0.05) is 11.4 Å². The molecule has 0 aliphatic carbocycles. The maximum atomic E-state index is 13.7. The van der Waals surface area contributed by atoms with Gasteiger partial charge < -0.3 is 11.1 Å². The fourth-order valence-corrected chi connectivity index (χ4v) is 2.33. The van der Waals surface area contributed by atoms with Crippen LogP contribution in [-0.4, -0.2) is 5.91 Å². The van der Waals surface area contributed by atoms with Crippen molar-refractivity contribution in [2.45, 2.75) is 13.8 Å². The zero-order chi connectivity index (χ0) is 14.9. The number of benzene rings is 2. The number of hydrogen-bond acceptors (Lipinski definition) is 2. The SMILES string of the molecule is Cc1cc(N)cc(C)c1NC(=O)c1c(F)cccc1Cl. The van der Waals surface area contributed by atoms with Crippen molar-refractivity contribution in [1.82, 2.24) is 0 Å². The highest BCUT2D eigenvalue weighted by atomic mass is 35.5. The number of rotatable bonds is 2. The molecule has 0 fully saturated rings. The van der Waals surface area contributed by atoms with E-state index in [0.717, 1.165) is 11.1 Å². The van der Waals surface area contributed by atoms with E-state index in [0.29, 0.717) is 11.4 Å². The summed E-state index contributed by atoms with van der Waals surface area (Å²) in [6, 6.07) is 7.61.